The van der Waals surface area contributed by atoms with Gasteiger partial charge < -0.3 is 10.8 Å². The van der Waals surface area contributed by atoms with E-state index in [-0.39, 0.29) is 12.5 Å². The van der Waals surface area contributed by atoms with Gasteiger partial charge in [-0.15, -0.1) is 0 Å². The Balaban J connectivity index is 2.37. The highest BCUT2D eigenvalue weighted by Gasteiger charge is 2.67. The Hall–Kier alpha value is -0.620. The molecule has 1 saturated carbocycles. The third-order valence-corrected chi connectivity index (χ3v) is 5.15. The van der Waals surface area contributed by atoms with Crippen molar-refractivity contribution in [2.24, 2.45) is 5.73 Å². The molecule has 1 fully saturated rings. The Morgan fingerprint density at radius 3 is 2.29 bits per heavy atom. The second kappa shape index (κ2) is 3.95. The lowest BCUT2D eigenvalue weighted by Gasteiger charge is -2.06. The predicted molar refractivity (Wildman–Crippen MR) is 66.8 cm³/mol. The molecule has 0 saturated heterocycles. The molecule has 0 spiro atoms. The number of benzene rings is 1. The van der Waals surface area contributed by atoms with Crippen LogP contribution in [-0.4, -0.2) is 37.2 Å². The molecular formula is C11H14ClNO3S. The van der Waals surface area contributed by atoms with Crippen LogP contribution >= 0.6 is 11.6 Å². The Morgan fingerprint density at radius 2 is 1.94 bits per heavy atom. The number of aliphatic hydroxyl groups excluding tert-OH is 1. The highest BCUT2D eigenvalue weighted by molar-refractivity contribution is 7.91. The molecule has 1 aromatic carbocycles. The first-order chi connectivity index (χ1) is 7.80. The topological polar surface area (TPSA) is 80.4 Å². The van der Waals surface area contributed by atoms with Gasteiger partial charge in [0.15, 0.2) is 9.84 Å². The second-order valence-electron chi connectivity index (χ2n) is 4.55. The van der Waals surface area contributed by atoms with Gasteiger partial charge >= 0.3 is 0 Å². The van der Waals surface area contributed by atoms with Crippen LogP contribution in [0.25, 0.3) is 0 Å². The molecule has 0 bridgehead atoms. The molecule has 94 valence electrons. The van der Waals surface area contributed by atoms with Crippen LogP contribution in [0.5, 0.6) is 0 Å². The van der Waals surface area contributed by atoms with Gasteiger partial charge in [-0.05, 0) is 17.7 Å². The molecule has 0 amide bonds. The first kappa shape index (κ1) is 12.8. The van der Waals surface area contributed by atoms with Crippen LogP contribution in [0.1, 0.15) is 11.5 Å². The summed E-state index contributed by atoms with van der Waals surface area (Å²) >= 11 is 5.77. The number of aliphatic hydroxyl groups is 1. The minimum absolute atomic E-state index is 0.349. The Labute approximate surface area is 105 Å². The standard InChI is InChI=1S/C11H14ClNO3S/c1-17(15,16)10-9(11(10,13)6-14)7-2-4-8(12)5-3-7/h2-5,9-10,14H,6,13H2,1H3/t9-,10+,11+/m1/s1. The highest BCUT2D eigenvalue weighted by atomic mass is 35.5. The van der Waals surface area contributed by atoms with Crippen LogP contribution in [0.15, 0.2) is 24.3 Å². The molecule has 17 heavy (non-hydrogen) atoms. The molecule has 1 aliphatic carbocycles. The maximum atomic E-state index is 11.6. The van der Waals surface area contributed by atoms with Crippen molar-refractivity contribution in [3.05, 3.63) is 34.9 Å². The smallest absolute Gasteiger partial charge is 0.152 e. The van der Waals surface area contributed by atoms with Crippen molar-refractivity contribution in [2.45, 2.75) is 16.7 Å². The Morgan fingerprint density at radius 1 is 1.41 bits per heavy atom. The van der Waals surface area contributed by atoms with Crippen LogP contribution in [0.4, 0.5) is 0 Å². The zero-order valence-electron chi connectivity index (χ0n) is 9.30. The minimum Gasteiger partial charge on any atom is -0.394 e. The average molecular weight is 276 g/mol. The van der Waals surface area contributed by atoms with Crippen LogP contribution < -0.4 is 5.73 Å². The number of hydrogen-bond donors (Lipinski definition) is 2. The van der Waals surface area contributed by atoms with E-state index in [1.807, 2.05) is 0 Å². The quantitative estimate of drug-likeness (QED) is 0.844. The fraction of sp³-hybridized carbons (Fsp3) is 0.455. The molecule has 0 unspecified atom stereocenters. The van der Waals surface area contributed by atoms with E-state index in [1.54, 1.807) is 24.3 Å². The predicted octanol–water partition coefficient (Wildman–Crippen LogP) is 0.540. The first-order valence-electron chi connectivity index (χ1n) is 5.15. The minimum atomic E-state index is -3.27. The monoisotopic (exact) mass is 275 g/mol. The Kier molecular flexibility index (Phi) is 2.98. The van der Waals surface area contributed by atoms with Crippen molar-refractivity contribution in [2.75, 3.05) is 12.9 Å². The van der Waals surface area contributed by atoms with E-state index in [0.29, 0.717) is 5.02 Å². The van der Waals surface area contributed by atoms with Gasteiger partial charge in [0.1, 0.15) is 0 Å². The summed E-state index contributed by atoms with van der Waals surface area (Å²) in [5.41, 5.74) is 5.65. The van der Waals surface area contributed by atoms with Gasteiger partial charge in [0.25, 0.3) is 0 Å². The number of sulfone groups is 1. The van der Waals surface area contributed by atoms with E-state index in [1.165, 1.54) is 0 Å². The lowest BCUT2D eigenvalue weighted by Crippen LogP contribution is -2.34. The highest BCUT2D eigenvalue weighted by Crippen LogP contribution is 2.53. The molecule has 1 aromatic rings. The zero-order chi connectivity index (χ0) is 12.8. The number of hydrogen-bond acceptors (Lipinski definition) is 4. The van der Waals surface area contributed by atoms with Gasteiger partial charge in [0.05, 0.1) is 17.4 Å². The molecule has 3 N–H and O–H groups in total. The molecule has 0 aromatic heterocycles. The van der Waals surface area contributed by atoms with Crippen molar-refractivity contribution in [3.8, 4) is 0 Å². The van der Waals surface area contributed by atoms with Crippen molar-refractivity contribution in [1.82, 2.24) is 0 Å². The molecule has 4 nitrogen and oxygen atoms in total. The van der Waals surface area contributed by atoms with Gasteiger partial charge in [-0.3, -0.25) is 0 Å². The van der Waals surface area contributed by atoms with E-state index in [2.05, 4.69) is 0 Å². The van der Waals surface area contributed by atoms with E-state index >= 15 is 0 Å². The van der Waals surface area contributed by atoms with Crippen LogP contribution in [0, 0.1) is 0 Å². The van der Waals surface area contributed by atoms with Crippen molar-refractivity contribution in [1.29, 1.82) is 0 Å². The fourth-order valence-electron chi connectivity index (χ4n) is 2.41. The van der Waals surface area contributed by atoms with Gasteiger partial charge in [-0.1, -0.05) is 23.7 Å². The van der Waals surface area contributed by atoms with Crippen molar-refractivity contribution in [3.63, 3.8) is 0 Å². The molecule has 3 atom stereocenters. The third kappa shape index (κ3) is 2.08. The Bertz CT molecular complexity index is 528. The number of nitrogens with two attached hydrogens (primary N) is 1. The van der Waals surface area contributed by atoms with Crippen LogP contribution in [0.3, 0.4) is 0 Å². The van der Waals surface area contributed by atoms with Crippen molar-refractivity contribution >= 4 is 21.4 Å². The maximum absolute atomic E-state index is 11.6. The summed E-state index contributed by atoms with van der Waals surface area (Å²) in [6.07, 6.45) is 1.14. The van der Waals surface area contributed by atoms with E-state index < -0.39 is 20.6 Å². The van der Waals surface area contributed by atoms with Gasteiger partial charge in [-0.2, -0.15) is 0 Å². The molecule has 0 radical (unpaired) electrons. The van der Waals surface area contributed by atoms with Gasteiger partial charge in [0, 0.05) is 17.2 Å². The second-order valence-corrected chi connectivity index (χ2v) is 7.15. The lowest BCUT2D eigenvalue weighted by molar-refractivity contribution is 0.253. The van der Waals surface area contributed by atoms with Crippen molar-refractivity contribution < 1.29 is 13.5 Å². The largest absolute Gasteiger partial charge is 0.394 e. The van der Waals surface area contributed by atoms with E-state index in [9.17, 15) is 13.5 Å². The third-order valence-electron chi connectivity index (χ3n) is 3.27. The summed E-state index contributed by atoms with van der Waals surface area (Å²) in [6, 6.07) is 6.86. The van der Waals surface area contributed by atoms with Crippen LogP contribution in [-0.2, 0) is 9.84 Å². The summed E-state index contributed by atoms with van der Waals surface area (Å²) in [5.74, 6) is -0.361. The first-order valence-corrected chi connectivity index (χ1v) is 7.48. The van der Waals surface area contributed by atoms with E-state index in [4.69, 9.17) is 17.3 Å². The normalized spacial score (nSPS) is 32.5. The van der Waals surface area contributed by atoms with Gasteiger partial charge in [-0.25, -0.2) is 8.42 Å². The molecule has 1 aliphatic rings. The van der Waals surface area contributed by atoms with Crippen LogP contribution in [0.2, 0.25) is 5.02 Å². The summed E-state index contributed by atoms with van der Waals surface area (Å²) in [7, 11) is -3.27. The average Bonchev–Trinajstić information content (AvgIpc) is 2.87. The maximum Gasteiger partial charge on any atom is 0.152 e. The summed E-state index contributed by atoms with van der Waals surface area (Å²) in [6.45, 7) is -0.349. The number of halogens is 1. The fourth-order valence-corrected chi connectivity index (χ4v) is 4.38. The summed E-state index contributed by atoms with van der Waals surface area (Å²) in [4.78, 5) is 0. The zero-order valence-corrected chi connectivity index (χ0v) is 10.9. The molecular weight excluding hydrogens is 262 g/mol. The molecule has 0 heterocycles. The SMILES string of the molecule is CS(=O)(=O)[C@H]1[C@@H](c2ccc(Cl)cc2)[C@@]1(N)CO. The molecule has 2 rings (SSSR count). The molecule has 0 aliphatic heterocycles. The van der Waals surface area contributed by atoms with Gasteiger partial charge in [0.2, 0.25) is 0 Å². The lowest BCUT2D eigenvalue weighted by atomic mass is 10.1. The van der Waals surface area contributed by atoms with E-state index in [0.717, 1.165) is 11.8 Å². The number of rotatable bonds is 3. The molecule has 6 heteroatoms. The summed E-state index contributed by atoms with van der Waals surface area (Å²) in [5, 5.41) is 9.13. The summed E-state index contributed by atoms with van der Waals surface area (Å²) < 4.78 is 23.2.